The monoisotopic (exact) mass is 197 g/mol. The maximum absolute atomic E-state index is 11.3. The molecule has 0 fully saturated rings. The van der Waals surface area contributed by atoms with Crippen molar-refractivity contribution < 1.29 is 14.6 Å². The topological polar surface area (TPSA) is 58.9 Å². The lowest BCUT2D eigenvalue weighted by molar-refractivity contribution is -0.156. The molecule has 0 aromatic heterocycles. The molecule has 1 N–H and O–H groups in total. The van der Waals surface area contributed by atoms with Crippen molar-refractivity contribution in [3.8, 4) is 0 Å². The summed E-state index contributed by atoms with van der Waals surface area (Å²) in [4.78, 5) is 15.4. The molecular weight excluding hydrogens is 182 g/mol. The van der Waals surface area contributed by atoms with Crippen LogP contribution in [0.3, 0.4) is 0 Å². The zero-order valence-electron chi connectivity index (χ0n) is 8.49. The molecule has 4 heteroatoms. The van der Waals surface area contributed by atoms with Gasteiger partial charge in [-0.05, 0) is 12.5 Å². The van der Waals surface area contributed by atoms with Gasteiger partial charge < -0.3 is 9.84 Å². The van der Waals surface area contributed by atoms with E-state index in [1.165, 1.54) is 19.4 Å². The van der Waals surface area contributed by atoms with Gasteiger partial charge in [-0.3, -0.25) is 4.99 Å². The van der Waals surface area contributed by atoms with Gasteiger partial charge in [0.2, 0.25) is 0 Å². The van der Waals surface area contributed by atoms with Crippen molar-refractivity contribution in [3.05, 3.63) is 12.3 Å². The largest absolute Gasteiger partial charge is 0.467 e. The van der Waals surface area contributed by atoms with Crippen LogP contribution in [0.4, 0.5) is 0 Å². The van der Waals surface area contributed by atoms with Gasteiger partial charge in [-0.1, -0.05) is 13.3 Å². The summed E-state index contributed by atoms with van der Waals surface area (Å²) in [7, 11) is 1.26. The first-order valence-electron chi connectivity index (χ1n) is 4.66. The lowest BCUT2D eigenvalue weighted by Gasteiger charge is -2.24. The normalized spacial score (nSPS) is 25.8. The molecule has 0 spiro atoms. The first-order valence-corrected chi connectivity index (χ1v) is 4.66. The Morgan fingerprint density at radius 2 is 2.50 bits per heavy atom. The zero-order chi connectivity index (χ0) is 10.6. The van der Waals surface area contributed by atoms with Gasteiger partial charge in [0.1, 0.15) is 0 Å². The van der Waals surface area contributed by atoms with Crippen molar-refractivity contribution in [1.82, 2.24) is 0 Å². The number of carbonyl (C=O) groups is 1. The van der Waals surface area contributed by atoms with Crippen molar-refractivity contribution in [2.75, 3.05) is 7.11 Å². The third-order valence-electron chi connectivity index (χ3n) is 2.16. The van der Waals surface area contributed by atoms with Crippen LogP contribution >= 0.6 is 0 Å². The maximum Gasteiger partial charge on any atom is 0.342 e. The SMILES string of the molecule is CCCC1=NC=CC(O)(C(=O)OC)C1. The molecule has 78 valence electrons. The van der Waals surface area contributed by atoms with Crippen LogP contribution in [0.2, 0.25) is 0 Å². The van der Waals surface area contributed by atoms with Crippen LogP contribution in [0.15, 0.2) is 17.3 Å². The molecule has 1 unspecified atom stereocenters. The third kappa shape index (κ3) is 2.20. The molecular formula is C10H15NO3. The molecule has 14 heavy (non-hydrogen) atoms. The number of ether oxygens (including phenoxy) is 1. The summed E-state index contributed by atoms with van der Waals surface area (Å²) in [5, 5.41) is 9.89. The molecule has 1 atom stereocenters. The van der Waals surface area contributed by atoms with Crippen molar-refractivity contribution in [2.24, 2.45) is 4.99 Å². The Hall–Kier alpha value is -1.16. The minimum absolute atomic E-state index is 0.240. The molecule has 0 bridgehead atoms. The highest BCUT2D eigenvalue weighted by Crippen LogP contribution is 2.21. The number of carbonyl (C=O) groups excluding carboxylic acids is 1. The minimum Gasteiger partial charge on any atom is -0.467 e. The van der Waals surface area contributed by atoms with Crippen LogP contribution in [0.5, 0.6) is 0 Å². The molecule has 0 saturated carbocycles. The van der Waals surface area contributed by atoms with Crippen LogP contribution in [-0.2, 0) is 9.53 Å². The van der Waals surface area contributed by atoms with Gasteiger partial charge in [-0.2, -0.15) is 0 Å². The number of hydrogen-bond acceptors (Lipinski definition) is 4. The van der Waals surface area contributed by atoms with E-state index in [-0.39, 0.29) is 6.42 Å². The fourth-order valence-corrected chi connectivity index (χ4v) is 1.44. The van der Waals surface area contributed by atoms with Crippen LogP contribution in [0.25, 0.3) is 0 Å². The number of methoxy groups -OCH3 is 1. The fraction of sp³-hybridized carbons (Fsp3) is 0.600. The summed E-state index contributed by atoms with van der Waals surface area (Å²) < 4.78 is 4.52. The Morgan fingerprint density at radius 1 is 1.79 bits per heavy atom. The Kier molecular flexibility index (Phi) is 3.41. The predicted molar refractivity (Wildman–Crippen MR) is 53.1 cm³/mol. The highest BCUT2D eigenvalue weighted by atomic mass is 16.5. The molecule has 0 amide bonds. The summed E-state index contributed by atoms with van der Waals surface area (Å²) in [6.45, 7) is 2.03. The van der Waals surface area contributed by atoms with E-state index >= 15 is 0 Å². The van der Waals surface area contributed by atoms with Crippen LogP contribution in [-0.4, -0.2) is 29.5 Å². The summed E-state index contributed by atoms with van der Waals surface area (Å²) in [6.07, 6.45) is 4.82. The molecule has 1 heterocycles. The van der Waals surface area contributed by atoms with Crippen molar-refractivity contribution >= 4 is 11.7 Å². The van der Waals surface area contributed by atoms with Crippen molar-refractivity contribution in [3.63, 3.8) is 0 Å². The fourth-order valence-electron chi connectivity index (χ4n) is 1.44. The highest BCUT2D eigenvalue weighted by Gasteiger charge is 2.37. The molecule has 4 nitrogen and oxygen atoms in total. The number of nitrogens with zero attached hydrogens (tertiary/aromatic N) is 1. The van der Waals surface area contributed by atoms with Crippen LogP contribution in [0, 0.1) is 0 Å². The summed E-state index contributed by atoms with van der Waals surface area (Å²) >= 11 is 0. The maximum atomic E-state index is 11.3. The second kappa shape index (κ2) is 4.37. The quantitative estimate of drug-likeness (QED) is 0.688. The third-order valence-corrected chi connectivity index (χ3v) is 2.16. The average Bonchev–Trinajstić information content (AvgIpc) is 2.17. The van der Waals surface area contributed by atoms with E-state index in [9.17, 15) is 9.90 Å². The Morgan fingerprint density at radius 3 is 3.07 bits per heavy atom. The number of rotatable bonds is 3. The molecule has 0 aromatic carbocycles. The predicted octanol–water partition coefficient (Wildman–Crippen LogP) is 1.05. The lowest BCUT2D eigenvalue weighted by atomic mass is 9.93. The second-order valence-corrected chi connectivity index (χ2v) is 3.35. The van der Waals surface area contributed by atoms with Gasteiger partial charge in [0, 0.05) is 18.3 Å². The first-order chi connectivity index (χ1) is 6.62. The van der Waals surface area contributed by atoms with Crippen LogP contribution < -0.4 is 0 Å². The van der Waals surface area contributed by atoms with Gasteiger partial charge in [0.25, 0.3) is 0 Å². The highest BCUT2D eigenvalue weighted by molar-refractivity contribution is 5.94. The number of hydrogen-bond donors (Lipinski definition) is 1. The molecule has 1 rings (SSSR count). The molecule has 0 saturated heterocycles. The zero-order valence-corrected chi connectivity index (χ0v) is 8.49. The van der Waals surface area contributed by atoms with E-state index < -0.39 is 11.6 Å². The molecule has 0 radical (unpaired) electrons. The molecule has 0 aromatic rings. The summed E-state index contributed by atoms with van der Waals surface area (Å²) in [6, 6.07) is 0. The first kappa shape index (κ1) is 10.9. The summed E-state index contributed by atoms with van der Waals surface area (Å²) in [5.41, 5.74) is -0.677. The Bertz CT molecular complexity index is 283. The molecule has 1 aliphatic heterocycles. The second-order valence-electron chi connectivity index (χ2n) is 3.35. The van der Waals surface area contributed by atoms with Gasteiger partial charge in [0.15, 0.2) is 5.60 Å². The van der Waals surface area contributed by atoms with Crippen LogP contribution in [0.1, 0.15) is 26.2 Å². The number of aliphatic imine (C=N–C) groups is 1. The van der Waals surface area contributed by atoms with E-state index in [0.717, 1.165) is 18.6 Å². The van der Waals surface area contributed by atoms with E-state index in [1.807, 2.05) is 6.92 Å². The Labute approximate surface area is 83.3 Å². The number of esters is 1. The van der Waals surface area contributed by atoms with Gasteiger partial charge in [0.05, 0.1) is 7.11 Å². The number of aliphatic hydroxyl groups is 1. The molecule has 0 aliphatic carbocycles. The van der Waals surface area contributed by atoms with Gasteiger partial charge in [-0.15, -0.1) is 0 Å². The van der Waals surface area contributed by atoms with E-state index in [1.54, 1.807) is 0 Å². The molecule has 1 aliphatic rings. The van der Waals surface area contributed by atoms with Gasteiger partial charge in [-0.25, -0.2) is 4.79 Å². The van der Waals surface area contributed by atoms with Crippen molar-refractivity contribution in [1.29, 1.82) is 0 Å². The van der Waals surface area contributed by atoms with E-state index in [0.29, 0.717) is 0 Å². The lowest BCUT2D eigenvalue weighted by Crippen LogP contribution is -2.40. The van der Waals surface area contributed by atoms with Crippen molar-refractivity contribution in [2.45, 2.75) is 31.8 Å². The Balaban J connectivity index is 2.74. The van der Waals surface area contributed by atoms with E-state index in [2.05, 4.69) is 9.73 Å². The van der Waals surface area contributed by atoms with E-state index in [4.69, 9.17) is 0 Å². The minimum atomic E-state index is -1.51. The average molecular weight is 197 g/mol. The smallest absolute Gasteiger partial charge is 0.342 e. The summed E-state index contributed by atoms with van der Waals surface area (Å²) in [5.74, 6) is -0.628. The standard InChI is InChI=1S/C10H15NO3/c1-3-4-8-7-10(13,5-6-11-8)9(12)14-2/h5-6,13H,3-4,7H2,1-2H3. The van der Waals surface area contributed by atoms with Gasteiger partial charge >= 0.3 is 5.97 Å².